The average Bonchev–Trinajstić information content (AvgIpc) is 2.68. The molecule has 1 aliphatic rings. The number of ether oxygens (including phenoxy) is 2. The zero-order valence-corrected chi connectivity index (χ0v) is 14.3. The Bertz CT molecular complexity index is 697. The first kappa shape index (κ1) is 17.2. The molecule has 0 bridgehead atoms. The number of nitrogens with zero attached hydrogens (tertiary/aromatic N) is 1. The molecule has 3 rings (SSSR count). The Kier molecular flexibility index (Phi) is 5.85. The molecule has 1 atom stereocenters. The Hall–Kier alpha value is -2.60. The van der Waals surface area contributed by atoms with Crippen LogP contribution in [0.1, 0.15) is 24.8 Å². The van der Waals surface area contributed by atoms with Crippen molar-refractivity contribution in [3.8, 4) is 17.4 Å². The minimum Gasteiger partial charge on any atom is -0.497 e. The van der Waals surface area contributed by atoms with Crippen molar-refractivity contribution in [2.75, 3.05) is 13.7 Å². The summed E-state index contributed by atoms with van der Waals surface area (Å²) < 4.78 is 10.9. The van der Waals surface area contributed by atoms with Crippen molar-refractivity contribution >= 4 is 5.91 Å². The molecule has 0 spiro atoms. The minimum absolute atomic E-state index is 0.0501. The number of pyridine rings is 1. The largest absolute Gasteiger partial charge is 0.497 e. The van der Waals surface area contributed by atoms with E-state index < -0.39 is 0 Å². The van der Waals surface area contributed by atoms with Crippen molar-refractivity contribution in [1.29, 1.82) is 0 Å². The second-order valence-corrected chi connectivity index (χ2v) is 6.00. The Morgan fingerprint density at radius 3 is 2.76 bits per heavy atom. The molecular weight excluding hydrogens is 318 g/mol. The summed E-state index contributed by atoms with van der Waals surface area (Å²) in [4.78, 5) is 16.4. The Labute approximate surface area is 147 Å². The van der Waals surface area contributed by atoms with Gasteiger partial charge in [-0.05, 0) is 55.3 Å². The maximum absolute atomic E-state index is 12.2. The van der Waals surface area contributed by atoms with Gasteiger partial charge in [-0.1, -0.05) is 6.42 Å². The summed E-state index contributed by atoms with van der Waals surface area (Å²) >= 11 is 0. The molecule has 2 N–H and O–H groups in total. The van der Waals surface area contributed by atoms with Gasteiger partial charge in [0.1, 0.15) is 11.5 Å². The number of rotatable bonds is 6. The van der Waals surface area contributed by atoms with Gasteiger partial charge in [0, 0.05) is 18.8 Å². The fourth-order valence-electron chi connectivity index (χ4n) is 2.77. The van der Waals surface area contributed by atoms with Crippen LogP contribution in [0, 0.1) is 0 Å². The predicted octanol–water partition coefficient (Wildman–Crippen LogP) is 2.64. The Balaban J connectivity index is 1.56. The van der Waals surface area contributed by atoms with E-state index in [-0.39, 0.29) is 11.9 Å². The molecule has 0 radical (unpaired) electrons. The first-order valence-electron chi connectivity index (χ1n) is 8.52. The highest BCUT2D eigenvalue weighted by Gasteiger charge is 2.19. The van der Waals surface area contributed by atoms with Crippen LogP contribution in [-0.4, -0.2) is 30.6 Å². The van der Waals surface area contributed by atoms with Crippen LogP contribution in [0.2, 0.25) is 0 Å². The van der Waals surface area contributed by atoms with E-state index in [2.05, 4.69) is 15.6 Å². The third kappa shape index (κ3) is 4.93. The topological polar surface area (TPSA) is 72.5 Å². The number of hydrogen-bond donors (Lipinski definition) is 2. The smallest absolute Gasteiger partial charge is 0.237 e. The van der Waals surface area contributed by atoms with E-state index in [9.17, 15) is 4.79 Å². The van der Waals surface area contributed by atoms with Gasteiger partial charge in [-0.2, -0.15) is 0 Å². The number of amides is 1. The number of nitrogens with one attached hydrogen (secondary N) is 2. The molecule has 6 heteroatoms. The summed E-state index contributed by atoms with van der Waals surface area (Å²) in [7, 11) is 1.62. The third-order valence-electron chi connectivity index (χ3n) is 4.17. The average molecular weight is 341 g/mol. The van der Waals surface area contributed by atoms with Gasteiger partial charge in [-0.25, -0.2) is 4.98 Å². The highest BCUT2D eigenvalue weighted by Crippen LogP contribution is 2.22. The fourth-order valence-corrected chi connectivity index (χ4v) is 2.77. The summed E-state index contributed by atoms with van der Waals surface area (Å²) in [5.74, 6) is 2.00. The molecule has 6 nitrogen and oxygen atoms in total. The fraction of sp³-hybridized carbons (Fsp3) is 0.368. The van der Waals surface area contributed by atoms with Crippen LogP contribution in [0.5, 0.6) is 17.4 Å². The predicted molar refractivity (Wildman–Crippen MR) is 94.8 cm³/mol. The maximum atomic E-state index is 12.2. The lowest BCUT2D eigenvalue weighted by Crippen LogP contribution is -2.46. The standard InChI is InChI=1S/C19H23N3O3/c1-24-15-5-7-16(8-6-15)25-18-12-14(9-11-21-18)13-22-19(23)17-4-2-3-10-20-17/h5-9,11-12,17,20H,2-4,10,13H2,1H3,(H,22,23). The van der Waals surface area contributed by atoms with E-state index in [1.54, 1.807) is 13.3 Å². The lowest BCUT2D eigenvalue weighted by atomic mass is 10.0. The van der Waals surface area contributed by atoms with E-state index in [4.69, 9.17) is 9.47 Å². The zero-order valence-electron chi connectivity index (χ0n) is 14.3. The van der Waals surface area contributed by atoms with Crippen molar-refractivity contribution in [1.82, 2.24) is 15.6 Å². The molecule has 1 unspecified atom stereocenters. The van der Waals surface area contributed by atoms with Gasteiger partial charge in [-0.15, -0.1) is 0 Å². The van der Waals surface area contributed by atoms with Crippen LogP contribution in [0.25, 0.3) is 0 Å². The number of piperidine rings is 1. The van der Waals surface area contributed by atoms with E-state index in [0.29, 0.717) is 18.2 Å². The van der Waals surface area contributed by atoms with Crippen molar-refractivity contribution in [2.45, 2.75) is 31.8 Å². The first-order chi connectivity index (χ1) is 12.2. The number of carbonyl (C=O) groups excluding carboxylic acids is 1. The molecule has 1 fully saturated rings. The van der Waals surface area contributed by atoms with E-state index in [0.717, 1.165) is 37.1 Å². The molecule has 1 aromatic carbocycles. The molecular formula is C19H23N3O3. The number of carbonyl (C=O) groups is 1. The Morgan fingerprint density at radius 1 is 1.24 bits per heavy atom. The van der Waals surface area contributed by atoms with Crippen LogP contribution in [0.15, 0.2) is 42.6 Å². The SMILES string of the molecule is COc1ccc(Oc2cc(CNC(=O)C3CCCCN3)ccn2)cc1. The first-order valence-corrected chi connectivity index (χ1v) is 8.52. The minimum atomic E-state index is -0.0781. The molecule has 0 saturated carbocycles. The number of aromatic nitrogens is 1. The van der Waals surface area contributed by atoms with Gasteiger partial charge in [0.15, 0.2) is 0 Å². The highest BCUT2D eigenvalue weighted by molar-refractivity contribution is 5.81. The molecule has 2 aromatic rings. The highest BCUT2D eigenvalue weighted by atomic mass is 16.5. The third-order valence-corrected chi connectivity index (χ3v) is 4.17. The van der Waals surface area contributed by atoms with E-state index in [1.807, 2.05) is 36.4 Å². The van der Waals surface area contributed by atoms with Crippen LogP contribution in [0.3, 0.4) is 0 Å². The number of hydrogen-bond acceptors (Lipinski definition) is 5. The summed E-state index contributed by atoms with van der Waals surface area (Å²) in [6.45, 7) is 1.37. The van der Waals surface area contributed by atoms with Crippen LogP contribution < -0.4 is 20.1 Å². The van der Waals surface area contributed by atoms with E-state index >= 15 is 0 Å². The van der Waals surface area contributed by atoms with Crippen molar-refractivity contribution in [2.24, 2.45) is 0 Å². The number of methoxy groups -OCH3 is 1. The van der Waals surface area contributed by atoms with Crippen molar-refractivity contribution < 1.29 is 14.3 Å². The molecule has 132 valence electrons. The normalized spacial score (nSPS) is 16.9. The van der Waals surface area contributed by atoms with Gasteiger partial charge in [0.25, 0.3) is 0 Å². The zero-order chi connectivity index (χ0) is 17.5. The van der Waals surface area contributed by atoms with Crippen molar-refractivity contribution in [3.63, 3.8) is 0 Å². The maximum Gasteiger partial charge on any atom is 0.237 e. The van der Waals surface area contributed by atoms with Crippen LogP contribution in [0.4, 0.5) is 0 Å². The van der Waals surface area contributed by atoms with Gasteiger partial charge < -0.3 is 20.1 Å². The van der Waals surface area contributed by atoms with Gasteiger partial charge in [0.05, 0.1) is 13.2 Å². The van der Waals surface area contributed by atoms with Gasteiger partial charge in [0.2, 0.25) is 11.8 Å². The second kappa shape index (κ2) is 8.48. The lowest BCUT2D eigenvalue weighted by Gasteiger charge is -2.22. The Morgan fingerprint density at radius 2 is 2.04 bits per heavy atom. The molecule has 1 amide bonds. The molecule has 1 aliphatic heterocycles. The number of benzene rings is 1. The molecule has 1 saturated heterocycles. The van der Waals surface area contributed by atoms with Gasteiger partial charge >= 0.3 is 0 Å². The summed E-state index contributed by atoms with van der Waals surface area (Å²) in [5, 5.41) is 6.22. The molecule has 2 heterocycles. The summed E-state index contributed by atoms with van der Waals surface area (Å²) in [6, 6.07) is 10.9. The lowest BCUT2D eigenvalue weighted by molar-refractivity contribution is -0.123. The molecule has 1 aromatic heterocycles. The summed E-state index contributed by atoms with van der Waals surface area (Å²) in [5.41, 5.74) is 0.947. The van der Waals surface area contributed by atoms with Crippen LogP contribution >= 0.6 is 0 Å². The molecule has 25 heavy (non-hydrogen) atoms. The molecule has 0 aliphatic carbocycles. The van der Waals surface area contributed by atoms with Crippen molar-refractivity contribution in [3.05, 3.63) is 48.2 Å². The quantitative estimate of drug-likeness (QED) is 0.845. The summed E-state index contributed by atoms with van der Waals surface area (Å²) in [6.07, 6.45) is 4.81. The monoisotopic (exact) mass is 341 g/mol. The van der Waals surface area contributed by atoms with E-state index in [1.165, 1.54) is 0 Å². The van der Waals surface area contributed by atoms with Gasteiger partial charge in [-0.3, -0.25) is 4.79 Å². The second-order valence-electron chi connectivity index (χ2n) is 6.00. The van der Waals surface area contributed by atoms with Crippen LogP contribution in [-0.2, 0) is 11.3 Å².